The average Bonchev–Trinajstić information content (AvgIpc) is 3.02. The van der Waals surface area contributed by atoms with Crippen molar-refractivity contribution < 1.29 is 0 Å². The second-order valence-corrected chi connectivity index (χ2v) is 6.11. The Morgan fingerprint density at radius 2 is 1.48 bits per heavy atom. The van der Waals surface area contributed by atoms with E-state index in [0.29, 0.717) is 0 Å². The summed E-state index contributed by atoms with van der Waals surface area (Å²) in [5, 5.41) is 0. The molecule has 0 fully saturated rings. The number of rotatable bonds is 5. The predicted molar refractivity (Wildman–Crippen MR) is 88.5 cm³/mol. The lowest BCUT2D eigenvalue weighted by molar-refractivity contribution is 0.594. The minimum atomic E-state index is 0.0373. The molecule has 3 rings (SSSR count). The van der Waals surface area contributed by atoms with Gasteiger partial charge in [-0.15, -0.1) is 11.3 Å². The maximum Gasteiger partial charge on any atom is 0.0794 e. The fourth-order valence-electron chi connectivity index (χ4n) is 2.70. The Morgan fingerprint density at radius 3 is 1.95 bits per heavy atom. The average molecular weight is 294 g/mol. The van der Waals surface area contributed by atoms with Crippen LogP contribution in [0, 0.1) is 0 Å². The van der Waals surface area contributed by atoms with Crippen LogP contribution in [0.1, 0.15) is 21.9 Å². The number of aromatic nitrogens is 1. The molecular weight excluding hydrogens is 276 g/mol. The highest BCUT2D eigenvalue weighted by Crippen LogP contribution is 2.29. The molecule has 0 radical (unpaired) electrons. The predicted octanol–water partition coefficient (Wildman–Crippen LogP) is 3.85. The van der Waals surface area contributed by atoms with Crippen molar-refractivity contribution in [3.63, 3.8) is 0 Å². The first-order valence-electron chi connectivity index (χ1n) is 7.07. The molecule has 2 aromatic carbocycles. The number of thiazole rings is 1. The summed E-state index contributed by atoms with van der Waals surface area (Å²) >= 11 is 1.67. The fraction of sp³-hybridized carbons (Fsp3) is 0.167. The van der Waals surface area contributed by atoms with Gasteiger partial charge in [-0.25, -0.2) is 0 Å². The summed E-state index contributed by atoms with van der Waals surface area (Å²) in [6.07, 6.45) is 2.76. The van der Waals surface area contributed by atoms with E-state index < -0.39 is 0 Å². The Bertz CT molecular complexity index is 611. The molecule has 0 amide bonds. The molecule has 0 saturated carbocycles. The van der Waals surface area contributed by atoms with E-state index >= 15 is 0 Å². The van der Waals surface area contributed by atoms with Crippen LogP contribution in [0.2, 0.25) is 0 Å². The van der Waals surface area contributed by atoms with Gasteiger partial charge in [-0.05, 0) is 17.5 Å². The summed E-state index contributed by atoms with van der Waals surface area (Å²) in [4.78, 5) is 5.38. The molecule has 0 spiro atoms. The first-order valence-corrected chi connectivity index (χ1v) is 7.95. The first-order chi connectivity index (χ1) is 10.3. The number of benzene rings is 2. The third-order valence-electron chi connectivity index (χ3n) is 3.67. The minimum Gasteiger partial charge on any atom is -0.327 e. The summed E-state index contributed by atoms with van der Waals surface area (Å²) in [7, 11) is 0. The van der Waals surface area contributed by atoms with Crippen LogP contribution in [-0.4, -0.2) is 11.0 Å². The van der Waals surface area contributed by atoms with Crippen LogP contribution < -0.4 is 5.73 Å². The summed E-state index contributed by atoms with van der Waals surface area (Å²) in [6.45, 7) is 0. The first kappa shape index (κ1) is 14.0. The van der Waals surface area contributed by atoms with Gasteiger partial charge in [0.2, 0.25) is 0 Å². The molecule has 3 aromatic rings. The second kappa shape index (κ2) is 6.66. The van der Waals surface area contributed by atoms with E-state index in [9.17, 15) is 0 Å². The Morgan fingerprint density at radius 1 is 0.905 bits per heavy atom. The van der Waals surface area contributed by atoms with E-state index in [1.54, 1.807) is 11.3 Å². The quantitative estimate of drug-likeness (QED) is 0.776. The van der Waals surface area contributed by atoms with Crippen molar-refractivity contribution in [2.45, 2.75) is 18.4 Å². The maximum atomic E-state index is 6.55. The zero-order valence-corrected chi connectivity index (χ0v) is 12.5. The van der Waals surface area contributed by atoms with Gasteiger partial charge < -0.3 is 5.73 Å². The van der Waals surface area contributed by atoms with Gasteiger partial charge in [0.25, 0.3) is 0 Å². The van der Waals surface area contributed by atoms with Gasteiger partial charge in [0.05, 0.1) is 5.51 Å². The van der Waals surface area contributed by atoms with E-state index in [2.05, 4.69) is 53.5 Å². The molecule has 0 saturated heterocycles. The van der Waals surface area contributed by atoms with Gasteiger partial charge in [0.1, 0.15) is 0 Å². The third-order valence-corrected chi connectivity index (χ3v) is 4.47. The summed E-state index contributed by atoms with van der Waals surface area (Å²) in [5.74, 6) is 0.203. The van der Waals surface area contributed by atoms with Crippen LogP contribution in [0.15, 0.2) is 72.4 Å². The SMILES string of the molecule is NC(Cc1cncs1)C(c1ccccc1)c1ccccc1. The van der Waals surface area contributed by atoms with Gasteiger partial charge in [-0.2, -0.15) is 0 Å². The van der Waals surface area contributed by atoms with Crippen molar-refractivity contribution in [3.05, 3.63) is 88.4 Å². The highest BCUT2D eigenvalue weighted by atomic mass is 32.1. The molecule has 1 heterocycles. The molecule has 0 aliphatic heterocycles. The molecule has 2 N–H and O–H groups in total. The molecule has 0 aliphatic rings. The summed E-state index contributed by atoms with van der Waals surface area (Å²) in [5.41, 5.74) is 10.9. The minimum absolute atomic E-state index is 0.0373. The van der Waals surface area contributed by atoms with Gasteiger partial charge in [-0.1, -0.05) is 60.7 Å². The van der Waals surface area contributed by atoms with Crippen LogP contribution in [0.3, 0.4) is 0 Å². The van der Waals surface area contributed by atoms with Crippen LogP contribution >= 0.6 is 11.3 Å². The second-order valence-electron chi connectivity index (χ2n) is 5.13. The van der Waals surface area contributed by atoms with Crippen LogP contribution in [0.25, 0.3) is 0 Å². The third kappa shape index (κ3) is 3.38. The Kier molecular flexibility index (Phi) is 4.43. The van der Waals surface area contributed by atoms with Gasteiger partial charge in [0, 0.05) is 23.0 Å². The molecule has 21 heavy (non-hydrogen) atoms. The van der Waals surface area contributed by atoms with E-state index in [1.807, 2.05) is 23.8 Å². The highest BCUT2D eigenvalue weighted by molar-refractivity contribution is 7.09. The van der Waals surface area contributed by atoms with Gasteiger partial charge in [-0.3, -0.25) is 4.98 Å². The van der Waals surface area contributed by atoms with Crippen molar-refractivity contribution in [1.29, 1.82) is 0 Å². The van der Waals surface area contributed by atoms with Crippen LogP contribution in [0.4, 0.5) is 0 Å². The van der Waals surface area contributed by atoms with Crippen molar-refractivity contribution in [2.24, 2.45) is 5.73 Å². The summed E-state index contributed by atoms with van der Waals surface area (Å²) < 4.78 is 0. The fourth-order valence-corrected chi connectivity index (χ4v) is 3.37. The smallest absolute Gasteiger partial charge is 0.0794 e. The molecule has 1 aromatic heterocycles. The molecule has 3 heteroatoms. The van der Waals surface area contributed by atoms with E-state index in [1.165, 1.54) is 16.0 Å². The molecule has 1 atom stereocenters. The van der Waals surface area contributed by atoms with Crippen molar-refractivity contribution in [2.75, 3.05) is 0 Å². The Hall–Kier alpha value is -1.97. The molecular formula is C18H18N2S. The summed E-state index contributed by atoms with van der Waals surface area (Å²) in [6, 6.07) is 21.0. The molecule has 0 bridgehead atoms. The van der Waals surface area contributed by atoms with Crippen LogP contribution in [-0.2, 0) is 6.42 Å². The van der Waals surface area contributed by atoms with Gasteiger partial charge in [0.15, 0.2) is 0 Å². The lowest BCUT2D eigenvalue weighted by atomic mass is 9.84. The molecule has 106 valence electrons. The zero-order valence-electron chi connectivity index (χ0n) is 11.7. The highest BCUT2D eigenvalue weighted by Gasteiger charge is 2.22. The van der Waals surface area contributed by atoms with Crippen LogP contribution in [0.5, 0.6) is 0 Å². The van der Waals surface area contributed by atoms with Crippen molar-refractivity contribution in [3.8, 4) is 0 Å². The Balaban J connectivity index is 1.92. The molecule has 0 aliphatic carbocycles. The zero-order chi connectivity index (χ0) is 14.5. The standard InChI is InChI=1S/C18H18N2S/c19-17(11-16-12-20-13-21-16)18(14-7-3-1-4-8-14)15-9-5-2-6-10-15/h1-10,12-13,17-18H,11,19H2. The normalized spacial score (nSPS) is 12.5. The number of nitrogens with zero attached hydrogens (tertiary/aromatic N) is 1. The lowest BCUT2D eigenvalue weighted by Crippen LogP contribution is -2.31. The van der Waals surface area contributed by atoms with Gasteiger partial charge >= 0.3 is 0 Å². The molecule has 1 unspecified atom stereocenters. The van der Waals surface area contributed by atoms with Crippen molar-refractivity contribution >= 4 is 11.3 Å². The maximum absolute atomic E-state index is 6.55. The van der Waals surface area contributed by atoms with Crippen molar-refractivity contribution in [1.82, 2.24) is 4.98 Å². The van der Waals surface area contributed by atoms with E-state index in [4.69, 9.17) is 5.73 Å². The number of nitrogens with two attached hydrogens (primary N) is 1. The Labute approximate surface area is 129 Å². The topological polar surface area (TPSA) is 38.9 Å². The lowest BCUT2D eigenvalue weighted by Gasteiger charge is -2.24. The number of hydrogen-bond acceptors (Lipinski definition) is 3. The largest absolute Gasteiger partial charge is 0.327 e. The number of hydrogen-bond donors (Lipinski definition) is 1. The van der Waals surface area contributed by atoms with E-state index in [-0.39, 0.29) is 12.0 Å². The van der Waals surface area contributed by atoms with E-state index in [0.717, 1.165) is 6.42 Å². The molecule has 2 nitrogen and oxygen atoms in total. The monoisotopic (exact) mass is 294 g/mol.